The van der Waals surface area contributed by atoms with Crippen LogP contribution in [0.25, 0.3) is 26.8 Å². The molecule has 28 heavy (non-hydrogen) atoms. The second-order valence-electron chi connectivity index (χ2n) is 7.03. The van der Waals surface area contributed by atoms with Gasteiger partial charge in [-0.2, -0.15) is 0 Å². The first-order valence-electron chi connectivity index (χ1n) is 9.44. The standard InChI is InChI=1S/C24H19ClN2O/c1-2-26-21-9-5-3-7-17(21)19-13-16(11-12-23(19)26)24-14-20(25)18-8-4-6-10-22(18)27(24)15-28/h3-15,24H,2H2,1H3. The van der Waals surface area contributed by atoms with E-state index in [-0.39, 0.29) is 6.04 Å². The van der Waals surface area contributed by atoms with Crippen LogP contribution in [-0.4, -0.2) is 11.0 Å². The summed E-state index contributed by atoms with van der Waals surface area (Å²) >= 11 is 6.57. The Morgan fingerprint density at radius 3 is 2.54 bits per heavy atom. The summed E-state index contributed by atoms with van der Waals surface area (Å²) in [5, 5.41) is 3.10. The molecule has 4 aromatic rings. The van der Waals surface area contributed by atoms with Gasteiger partial charge in [-0.15, -0.1) is 0 Å². The van der Waals surface area contributed by atoms with Crippen LogP contribution in [-0.2, 0) is 11.3 Å². The first kappa shape index (κ1) is 17.1. The van der Waals surface area contributed by atoms with Gasteiger partial charge in [-0.3, -0.25) is 4.79 Å². The molecule has 1 atom stereocenters. The van der Waals surface area contributed by atoms with Crippen LogP contribution < -0.4 is 4.90 Å². The number of para-hydroxylation sites is 2. The number of carbonyl (C=O) groups excluding carboxylic acids is 1. The molecule has 1 aliphatic heterocycles. The van der Waals surface area contributed by atoms with Crippen LogP contribution in [0.15, 0.2) is 72.8 Å². The lowest BCUT2D eigenvalue weighted by atomic mass is 9.96. The van der Waals surface area contributed by atoms with Gasteiger partial charge >= 0.3 is 0 Å². The topological polar surface area (TPSA) is 25.2 Å². The number of hydrogen-bond donors (Lipinski definition) is 0. The number of hydrogen-bond acceptors (Lipinski definition) is 1. The van der Waals surface area contributed by atoms with Crippen molar-refractivity contribution >= 4 is 50.5 Å². The summed E-state index contributed by atoms with van der Waals surface area (Å²) < 4.78 is 2.32. The minimum absolute atomic E-state index is 0.229. The fourth-order valence-corrected chi connectivity index (χ4v) is 4.61. The van der Waals surface area contributed by atoms with Gasteiger partial charge in [0.05, 0.1) is 11.7 Å². The van der Waals surface area contributed by atoms with Crippen molar-refractivity contribution in [2.45, 2.75) is 19.5 Å². The highest BCUT2D eigenvalue weighted by Gasteiger charge is 2.27. The molecule has 3 aromatic carbocycles. The van der Waals surface area contributed by atoms with E-state index in [0.29, 0.717) is 5.03 Å². The third-order valence-corrected chi connectivity index (χ3v) is 5.94. The van der Waals surface area contributed by atoms with Gasteiger partial charge in [0.15, 0.2) is 0 Å². The Morgan fingerprint density at radius 1 is 0.964 bits per heavy atom. The van der Waals surface area contributed by atoms with Gasteiger partial charge in [0.1, 0.15) is 0 Å². The monoisotopic (exact) mass is 386 g/mol. The first-order chi connectivity index (χ1) is 13.7. The summed E-state index contributed by atoms with van der Waals surface area (Å²) in [7, 11) is 0. The molecule has 0 saturated carbocycles. The van der Waals surface area contributed by atoms with E-state index in [1.54, 1.807) is 4.90 Å². The smallest absolute Gasteiger partial charge is 0.214 e. The number of carbonyl (C=O) groups is 1. The second-order valence-corrected chi connectivity index (χ2v) is 7.43. The van der Waals surface area contributed by atoms with E-state index in [9.17, 15) is 4.79 Å². The largest absolute Gasteiger partial charge is 0.341 e. The zero-order valence-electron chi connectivity index (χ0n) is 15.5. The van der Waals surface area contributed by atoms with Crippen molar-refractivity contribution in [3.05, 3.63) is 83.9 Å². The van der Waals surface area contributed by atoms with Crippen molar-refractivity contribution in [1.82, 2.24) is 4.57 Å². The first-order valence-corrected chi connectivity index (χ1v) is 9.82. The lowest BCUT2D eigenvalue weighted by molar-refractivity contribution is -0.107. The van der Waals surface area contributed by atoms with Crippen LogP contribution in [0.5, 0.6) is 0 Å². The fourth-order valence-electron chi connectivity index (χ4n) is 4.33. The molecule has 2 heterocycles. The van der Waals surface area contributed by atoms with Crippen LogP contribution >= 0.6 is 11.6 Å². The molecule has 0 aliphatic carbocycles. The van der Waals surface area contributed by atoms with E-state index >= 15 is 0 Å². The quantitative estimate of drug-likeness (QED) is 0.390. The summed E-state index contributed by atoms with van der Waals surface area (Å²) in [6, 6.07) is 22.4. The molecule has 0 saturated heterocycles. The van der Waals surface area contributed by atoms with Crippen LogP contribution in [0.3, 0.4) is 0 Å². The lowest BCUT2D eigenvalue weighted by Gasteiger charge is -2.32. The van der Waals surface area contributed by atoms with Gasteiger partial charge in [0, 0.05) is 38.9 Å². The molecule has 138 valence electrons. The Kier molecular flexibility index (Phi) is 3.99. The summed E-state index contributed by atoms with van der Waals surface area (Å²) in [4.78, 5) is 13.7. The second kappa shape index (κ2) is 6.54. The maximum Gasteiger partial charge on any atom is 0.214 e. The molecule has 1 aromatic heterocycles. The Labute approximate surface area is 168 Å². The van der Waals surface area contributed by atoms with Crippen molar-refractivity contribution in [3.8, 4) is 0 Å². The van der Waals surface area contributed by atoms with Gasteiger partial charge in [-0.05, 0) is 42.8 Å². The number of aromatic nitrogens is 1. The van der Waals surface area contributed by atoms with Crippen molar-refractivity contribution in [1.29, 1.82) is 0 Å². The highest BCUT2D eigenvalue weighted by atomic mass is 35.5. The predicted octanol–water partition coefficient (Wildman–Crippen LogP) is 6.11. The van der Waals surface area contributed by atoms with Crippen LogP contribution in [0.1, 0.15) is 24.1 Å². The molecule has 1 aliphatic rings. The van der Waals surface area contributed by atoms with Gasteiger partial charge in [0.25, 0.3) is 0 Å². The van der Waals surface area contributed by atoms with E-state index in [4.69, 9.17) is 11.6 Å². The molecular weight excluding hydrogens is 368 g/mol. The highest BCUT2D eigenvalue weighted by Crippen LogP contribution is 2.42. The fraction of sp³-hybridized carbons (Fsp3) is 0.125. The van der Waals surface area contributed by atoms with E-state index in [1.165, 1.54) is 21.8 Å². The number of rotatable bonds is 3. The molecule has 0 N–H and O–H groups in total. The molecule has 0 bridgehead atoms. The van der Waals surface area contributed by atoms with Crippen molar-refractivity contribution < 1.29 is 4.79 Å². The SMILES string of the molecule is CCn1c2ccccc2c2cc(C3C=C(Cl)c4ccccc4N3C=O)ccc21. The van der Waals surface area contributed by atoms with E-state index in [0.717, 1.165) is 29.8 Å². The molecule has 3 nitrogen and oxygen atoms in total. The van der Waals surface area contributed by atoms with Gasteiger partial charge < -0.3 is 9.47 Å². The molecule has 1 amide bonds. The Hall–Kier alpha value is -3.04. The maximum absolute atomic E-state index is 12.0. The van der Waals surface area contributed by atoms with Crippen LogP contribution in [0, 0.1) is 0 Å². The normalized spacial score (nSPS) is 16.3. The molecule has 1 unspecified atom stereocenters. The van der Waals surface area contributed by atoms with E-state index in [1.807, 2.05) is 30.3 Å². The average molecular weight is 387 g/mol. The zero-order valence-corrected chi connectivity index (χ0v) is 16.2. The lowest BCUT2D eigenvalue weighted by Crippen LogP contribution is -2.29. The van der Waals surface area contributed by atoms with Gasteiger partial charge in [-0.1, -0.05) is 54.1 Å². The Balaban J connectivity index is 1.73. The number of aryl methyl sites for hydroxylation is 1. The number of amides is 1. The van der Waals surface area contributed by atoms with Crippen molar-refractivity contribution in [2.75, 3.05) is 4.90 Å². The minimum Gasteiger partial charge on any atom is -0.341 e. The Morgan fingerprint density at radius 2 is 1.71 bits per heavy atom. The molecule has 0 fully saturated rings. The van der Waals surface area contributed by atoms with Gasteiger partial charge in [0.2, 0.25) is 6.41 Å². The summed E-state index contributed by atoms with van der Waals surface area (Å²) in [5.41, 5.74) is 5.21. The average Bonchev–Trinajstić information content (AvgIpc) is 3.06. The number of nitrogens with zero attached hydrogens (tertiary/aromatic N) is 2. The third-order valence-electron chi connectivity index (χ3n) is 5.61. The molecule has 0 spiro atoms. The summed E-state index contributed by atoms with van der Waals surface area (Å²) in [6.07, 6.45) is 2.85. The van der Waals surface area contributed by atoms with Crippen LogP contribution in [0.4, 0.5) is 5.69 Å². The molecule has 0 radical (unpaired) electrons. The number of anilines is 1. The molecular formula is C24H19ClN2O. The number of halogens is 1. The molecule has 4 heteroatoms. The zero-order chi connectivity index (χ0) is 19.3. The number of benzene rings is 3. The third kappa shape index (κ3) is 2.40. The van der Waals surface area contributed by atoms with Crippen molar-refractivity contribution in [3.63, 3.8) is 0 Å². The highest BCUT2D eigenvalue weighted by molar-refractivity contribution is 6.49. The van der Waals surface area contributed by atoms with Crippen LogP contribution in [0.2, 0.25) is 0 Å². The summed E-state index contributed by atoms with van der Waals surface area (Å²) in [5.74, 6) is 0. The minimum atomic E-state index is -0.229. The Bertz CT molecular complexity index is 1250. The maximum atomic E-state index is 12.0. The van der Waals surface area contributed by atoms with Crippen molar-refractivity contribution in [2.24, 2.45) is 0 Å². The predicted molar refractivity (Wildman–Crippen MR) is 117 cm³/mol. The summed E-state index contributed by atoms with van der Waals surface area (Å²) in [6.45, 7) is 3.07. The van der Waals surface area contributed by atoms with E-state index < -0.39 is 0 Å². The molecule has 5 rings (SSSR count). The number of fused-ring (bicyclic) bond motifs is 4. The van der Waals surface area contributed by atoms with Gasteiger partial charge in [-0.25, -0.2) is 0 Å². The van der Waals surface area contributed by atoms with E-state index in [2.05, 4.69) is 54.0 Å².